The summed E-state index contributed by atoms with van der Waals surface area (Å²) in [6.07, 6.45) is 2.62. The zero-order chi connectivity index (χ0) is 16.0. The van der Waals surface area contributed by atoms with Crippen LogP contribution in [0.15, 0.2) is 5.10 Å². The van der Waals surface area contributed by atoms with Gasteiger partial charge in [-0.3, -0.25) is 4.79 Å². The number of hydrogen-bond acceptors (Lipinski definition) is 6. The van der Waals surface area contributed by atoms with Gasteiger partial charge in [0.2, 0.25) is 5.91 Å². The van der Waals surface area contributed by atoms with Gasteiger partial charge in [-0.25, -0.2) is 5.01 Å². The smallest absolute Gasteiger partial charge is 0.246 e. The zero-order valence-electron chi connectivity index (χ0n) is 12.6. The van der Waals surface area contributed by atoms with Gasteiger partial charge in [0.15, 0.2) is 0 Å². The maximum Gasteiger partial charge on any atom is 0.246 e. The lowest BCUT2D eigenvalue weighted by Gasteiger charge is -2.35. The molecular weight excluding hydrogens is 272 g/mol. The minimum absolute atomic E-state index is 0.00742. The first-order valence-electron chi connectivity index (χ1n) is 7.35. The van der Waals surface area contributed by atoms with Crippen LogP contribution >= 0.6 is 0 Å². The Morgan fingerprint density at radius 2 is 2.05 bits per heavy atom. The van der Waals surface area contributed by atoms with E-state index in [1.807, 2.05) is 0 Å². The van der Waals surface area contributed by atoms with Crippen molar-refractivity contribution in [3.63, 3.8) is 0 Å². The van der Waals surface area contributed by atoms with Crippen LogP contribution < -0.4 is 11.5 Å². The van der Waals surface area contributed by atoms with Gasteiger partial charge in [0.1, 0.15) is 18.1 Å². The maximum atomic E-state index is 12.7. The quantitative estimate of drug-likeness (QED) is 0.342. The Kier molecular flexibility index (Phi) is 6.94. The van der Waals surface area contributed by atoms with Gasteiger partial charge in [0.05, 0.1) is 0 Å². The Balaban J connectivity index is 2.90. The van der Waals surface area contributed by atoms with Crippen molar-refractivity contribution in [1.82, 2.24) is 5.01 Å². The molecule has 7 nitrogen and oxygen atoms in total. The number of aliphatic hydroxyl groups excluding tert-OH is 1. The summed E-state index contributed by atoms with van der Waals surface area (Å²) in [5.74, 6) is -0.453. The summed E-state index contributed by atoms with van der Waals surface area (Å²) >= 11 is 0. The number of Topliss-reactive ketones (excluding diaryl/α,β-unsaturated/α-hetero) is 1. The Hall–Kier alpha value is -1.31. The van der Waals surface area contributed by atoms with Crippen LogP contribution in [0.4, 0.5) is 0 Å². The summed E-state index contributed by atoms with van der Waals surface area (Å²) in [5, 5.41) is 14.3. The molecule has 4 atom stereocenters. The number of hydrogen-bond donors (Lipinski definition) is 3. The number of rotatable bonds is 7. The number of carbonyl (C=O) groups is 2. The average molecular weight is 298 g/mol. The zero-order valence-corrected chi connectivity index (χ0v) is 12.6. The molecule has 1 aliphatic carbocycles. The third kappa shape index (κ3) is 4.59. The first-order chi connectivity index (χ1) is 9.92. The molecule has 1 aliphatic rings. The fourth-order valence-electron chi connectivity index (χ4n) is 3.04. The molecule has 0 aromatic rings. The van der Waals surface area contributed by atoms with Crippen molar-refractivity contribution >= 4 is 18.4 Å². The van der Waals surface area contributed by atoms with E-state index in [9.17, 15) is 14.7 Å². The summed E-state index contributed by atoms with van der Waals surface area (Å²) in [4.78, 5) is 24.1. The van der Waals surface area contributed by atoms with E-state index >= 15 is 0 Å². The molecule has 0 aromatic heterocycles. The second-order valence-electron chi connectivity index (χ2n) is 5.68. The van der Waals surface area contributed by atoms with Crippen molar-refractivity contribution in [3.8, 4) is 0 Å². The van der Waals surface area contributed by atoms with E-state index < -0.39 is 12.3 Å². The molecule has 0 radical (unpaired) electrons. The number of hydrazone groups is 1. The molecule has 0 heterocycles. The minimum Gasteiger partial charge on any atom is -0.377 e. The van der Waals surface area contributed by atoms with Crippen molar-refractivity contribution in [2.24, 2.45) is 28.4 Å². The van der Waals surface area contributed by atoms with Crippen LogP contribution in [0.2, 0.25) is 0 Å². The van der Waals surface area contributed by atoms with E-state index in [0.717, 1.165) is 24.3 Å². The van der Waals surface area contributed by atoms with Crippen LogP contribution in [-0.4, -0.2) is 47.3 Å². The molecule has 120 valence electrons. The Labute approximate surface area is 125 Å². The molecule has 7 heteroatoms. The lowest BCUT2D eigenvalue weighted by Crippen LogP contribution is -2.54. The molecule has 0 bridgehead atoms. The van der Waals surface area contributed by atoms with Crippen molar-refractivity contribution in [2.45, 2.75) is 51.3 Å². The van der Waals surface area contributed by atoms with Gasteiger partial charge in [0, 0.05) is 25.6 Å². The molecule has 1 saturated carbocycles. The third-order valence-electron chi connectivity index (χ3n) is 4.10. The molecule has 0 aromatic carbocycles. The predicted molar refractivity (Wildman–Crippen MR) is 80.2 cm³/mol. The second-order valence-corrected chi connectivity index (χ2v) is 5.68. The van der Waals surface area contributed by atoms with E-state index in [-0.39, 0.29) is 30.1 Å². The second kappa shape index (κ2) is 8.21. The largest absolute Gasteiger partial charge is 0.377 e. The number of nitrogens with two attached hydrogens (primary N) is 2. The standard InChI is InChI=1S/C14H26N4O3/c1-9(19)7-10-5-3-4-6-11(10)14(21)18(17-2)12(8-15)13(16)20/h10-13,20H,2-8,15-16H2,1H3/t10-,11-,12-,13?/m1/s1. The monoisotopic (exact) mass is 298 g/mol. The molecular formula is C14H26N4O3. The number of ketones is 1. The fraction of sp³-hybridized carbons (Fsp3) is 0.786. The van der Waals surface area contributed by atoms with Crippen LogP contribution in [0.1, 0.15) is 39.0 Å². The first kappa shape index (κ1) is 17.7. The number of nitrogens with zero attached hydrogens (tertiary/aromatic N) is 2. The fourth-order valence-corrected chi connectivity index (χ4v) is 3.04. The van der Waals surface area contributed by atoms with Crippen LogP contribution in [-0.2, 0) is 9.59 Å². The lowest BCUT2D eigenvalue weighted by molar-refractivity contribution is -0.143. The Morgan fingerprint density at radius 1 is 1.43 bits per heavy atom. The summed E-state index contributed by atoms with van der Waals surface area (Å²) < 4.78 is 0. The Morgan fingerprint density at radius 3 is 2.52 bits per heavy atom. The van der Waals surface area contributed by atoms with Gasteiger partial charge in [-0.1, -0.05) is 12.8 Å². The molecule has 21 heavy (non-hydrogen) atoms. The molecule has 5 N–H and O–H groups in total. The summed E-state index contributed by atoms with van der Waals surface area (Å²) in [5.41, 5.74) is 11.0. The molecule has 1 fully saturated rings. The van der Waals surface area contributed by atoms with Gasteiger partial charge >= 0.3 is 0 Å². The number of amides is 1. The molecule has 0 saturated heterocycles. The normalized spacial score (nSPS) is 25.0. The summed E-state index contributed by atoms with van der Waals surface area (Å²) in [6.45, 7) is 4.91. The van der Waals surface area contributed by atoms with E-state index in [4.69, 9.17) is 11.5 Å². The molecule has 1 amide bonds. The van der Waals surface area contributed by atoms with Crippen LogP contribution in [0.5, 0.6) is 0 Å². The van der Waals surface area contributed by atoms with Crippen LogP contribution in [0, 0.1) is 11.8 Å². The van der Waals surface area contributed by atoms with E-state index in [0.29, 0.717) is 12.8 Å². The highest BCUT2D eigenvalue weighted by molar-refractivity contribution is 5.81. The van der Waals surface area contributed by atoms with E-state index in [1.54, 1.807) is 0 Å². The number of carbonyl (C=O) groups excluding carboxylic acids is 2. The summed E-state index contributed by atoms with van der Waals surface area (Å²) in [7, 11) is 0. The van der Waals surface area contributed by atoms with Gasteiger partial charge in [-0.05, 0) is 25.7 Å². The maximum absolute atomic E-state index is 12.7. The molecule has 1 rings (SSSR count). The highest BCUT2D eigenvalue weighted by atomic mass is 16.3. The minimum atomic E-state index is -1.28. The topological polar surface area (TPSA) is 122 Å². The van der Waals surface area contributed by atoms with Gasteiger partial charge < -0.3 is 21.4 Å². The summed E-state index contributed by atoms with van der Waals surface area (Å²) in [6, 6.07) is -0.796. The van der Waals surface area contributed by atoms with Crippen molar-refractivity contribution < 1.29 is 14.7 Å². The van der Waals surface area contributed by atoms with E-state index in [2.05, 4.69) is 11.8 Å². The van der Waals surface area contributed by atoms with Gasteiger partial charge in [-0.2, -0.15) is 5.10 Å². The van der Waals surface area contributed by atoms with E-state index in [1.165, 1.54) is 6.92 Å². The van der Waals surface area contributed by atoms with Gasteiger partial charge in [-0.15, -0.1) is 0 Å². The molecule has 0 aliphatic heterocycles. The lowest BCUT2D eigenvalue weighted by atomic mass is 9.76. The SMILES string of the molecule is C=NN(C(=O)[C@@H]1CCCC[C@@H]1CC(C)=O)[C@H](CN)C(N)O. The van der Waals surface area contributed by atoms with Crippen LogP contribution in [0.25, 0.3) is 0 Å². The highest BCUT2D eigenvalue weighted by Crippen LogP contribution is 2.34. The average Bonchev–Trinajstić information content (AvgIpc) is 2.43. The Bertz CT molecular complexity index is 386. The number of aliphatic hydroxyl groups is 1. The highest BCUT2D eigenvalue weighted by Gasteiger charge is 2.37. The van der Waals surface area contributed by atoms with Crippen LogP contribution in [0.3, 0.4) is 0 Å². The predicted octanol–water partition coefficient (Wildman–Crippen LogP) is -0.179. The van der Waals surface area contributed by atoms with Gasteiger partial charge in [0.25, 0.3) is 0 Å². The molecule has 0 spiro atoms. The van der Waals surface area contributed by atoms with Crippen molar-refractivity contribution in [2.75, 3.05) is 6.54 Å². The third-order valence-corrected chi connectivity index (χ3v) is 4.10. The molecule has 1 unspecified atom stereocenters. The van der Waals surface area contributed by atoms with Crippen molar-refractivity contribution in [3.05, 3.63) is 0 Å². The van der Waals surface area contributed by atoms with Crippen molar-refractivity contribution in [1.29, 1.82) is 0 Å². The first-order valence-corrected chi connectivity index (χ1v) is 7.35.